The maximum Gasteiger partial charge on any atom is 0.274 e. The summed E-state index contributed by atoms with van der Waals surface area (Å²) in [6.07, 6.45) is 6.37. The Kier molecular flexibility index (Phi) is 5.47. The van der Waals surface area contributed by atoms with Crippen molar-refractivity contribution in [2.75, 3.05) is 44.3 Å². The molecule has 0 aromatic carbocycles. The first-order valence-corrected chi connectivity index (χ1v) is 9.86. The van der Waals surface area contributed by atoms with Gasteiger partial charge in [0.25, 0.3) is 5.91 Å². The Balaban J connectivity index is 1.47. The SMILES string of the molecule is Cc1nc(C2CCN(C(=O)c3cnccn3)CC2)nc(N2CCOCC2)c1C. The van der Waals surface area contributed by atoms with Crippen LogP contribution in [-0.2, 0) is 4.74 Å². The monoisotopic (exact) mass is 382 g/mol. The number of rotatable bonds is 3. The van der Waals surface area contributed by atoms with Crippen LogP contribution in [0.3, 0.4) is 0 Å². The molecular weight excluding hydrogens is 356 g/mol. The van der Waals surface area contributed by atoms with E-state index in [1.54, 1.807) is 12.4 Å². The predicted octanol–water partition coefficient (Wildman–Crippen LogP) is 1.74. The van der Waals surface area contributed by atoms with Gasteiger partial charge in [-0.1, -0.05) is 0 Å². The van der Waals surface area contributed by atoms with Gasteiger partial charge in [-0.15, -0.1) is 0 Å². The van der Waals surface area contributed by atoms with E-state index < -0.39 is 0 Å². The quantitative estimate of drug-likeness (QED) is 0.799. The Morgan fingerprint density at radius 1 is 1.07 bits per heavy atom. The lowest BCUT2D eigenvalue weighted by atomic mass is 9.95. The van der Waals surface area contributed by atoms with Crippen molar-refractivity contribution in [1.82, 2.24) is 24.8 Å². The highest BCUT2D eigenvalue weighted by Gasteiger charge is 2.28. The number of nitrogens with zero attached hydrogens (tertiary/aromatic N) is 6. The highest BCUT2D eigenvalue weighted by Crippen LogP contribution is 2.29. The molecule has 0 saturated carbocycles. The summed E-state index contributed by atoms with van der Waals surface area (Å²) in [5, 5.41) is 0. The molecule has 8 heteroatoms. The van der Waals surface area contributed by atoms with E-state index in [0.717, 1.165) is 62.0 Å². The third-order valence-electron chi connectivity index (χ3n) is 5.62. The number of anilines is 1. The molecule has 0 spiro atoms. The second kappa shape index (κ2) is 8.18. The summed E-state index contributed by atoms with van der Waals surface area (Å²) in [4.78, 5) is 34.6. The van der Waals surface area contributed by atoms with Gasteiger partial charge in [-0.25, -0.2) is 15.0 Å². The molecule has 2 saturated heterocycles. The number of morpholine rings is 1. The Hall–Kier alpha value is -2.61. The summed E-state index contributed by atoms with van der Waals surface area (Å²) >= 11 is 0. The van der Waals surface area contributed by atoms with Crippen LogP contribution in [0.15, 0.2) is 18.6 Å². The summed E-state index contributed by atoms with van der Waals surface area (Å²) in [7, 11) is 0. The van der Waals surface area contributed by atoms with Crippen LogP contribution in [0.1, 0.15) is 46.3 Å². The van der Waals surface area contributed by atoms with Crippen molar-refractivity contribution >= 4 is 11.7 Å². The maximum atomic E-state index is 12.6. The fourth-order valence-corrected chi connectivity index (χ4v) is 3.81. The van der Waals surface area contributed by atoms with Crippen molar-refractivity contribution in [1.29, 1.82) is 0 Å². The van der Waals surface area contributed by atoms with Gasteiger partial charge in [0.05, 0.1) is 19.4 Å². The minimum atomic E-state index is -0.0541. The van der Waals surface area contributed by atoms with Gasteiger partial charge in [0.1, 0.15) is 17.3 Å². The zero-order chi connectivity index (χ0) is 19.5. The third kappa shape index (κ3) is 3.82. The number of ether oxygens (including phenoxy) is 1. The van der Waals surface area contributed by atoms with E-state index >= 15 is 0 Å². The van der Waals surface area contributed by atoms with Crippen molar-refractivity contribution in [2.24, 2.45) is 0 Å². The topological polar surface area (TPSA) is 84.3 Å². The number of piperidine rings is 1. The van der Waals surface area contributed by atoms with Crippen LogP contribution in [0.5, 0.6) is 0 Å². The number of carbonyl (C=O) groups is 1. The van der Waals surface area contributed by atoms with Crippen LogP contribution in [0, 0.1) is 13.8 Å². The number of likely N-dealkylation sites (tertiary alicyclic amines) is 1. The molecule has 2 aromatic heterocycles. The zero-order valence-corrected chi connectivity index (χ0v) is 16.5. The van der Waals surface area contributed by atoms with Crippen LogP contribution in [0.25, 0.3) is 0 Å². The number of hydrogen-bond donors (Lipinski definition) is 0. The smallest absolute Gasteiger partial charge is 0.274 e. The summed E-state index contributed by atoms with van der Waals surface area (Å²) in [6.45, 7) is 8.71. The lowest BCUT2D eigenvalue weighted by molar-refractivity contribution is 0.0704. The molecule has 4 rings (SSSR count). The number of aryl methyl sites for hydroxylation is 1. The highest BCUT2D eigenvalue weighted by molar-refractivity contribution is 5.92. The molecule has 0 atom stereocenters. The normalized spacial score (nSPS) is 18.4. The molecule has 8 nitrogen and oxygen atoms in total. The highest BCUT2D eigenvalue weighted by atomic mass is 16.5. The minimum Gasteiger partial charge on any atom is -0.378 e. The summed E-state index contributed by atoms with van der Waals surface area (Å²) in [5.41, 5.74) is 2.57. The Labute approximate surface area is 165 Å². The third-order valence-corrected chi connectivity index (χ3v) is 5.62. The standard InChI is InChI=1S/C20H26N6O2/c1-14-15(2)23-18(24-19(14)25-9-11-28-12-10-25)16-3-7-26(8-4-16)20(27)17-13-21-5-6-22-17/h5-6,13,16H,3-4,7-12H2,1-2H3. The van der Waals surface area contributed by atoms with Crippen molar-refractivity contribution < 1.29 is 9.53 Å². The first kappa shape index (κ1) is 18.7. The largest absolute Gasteiger partial charge is 0.378 e. The number of aromatic nitrogens is 4. The van der Waals surface area contributed by atoms with E-state index in [-0.39, 0.29) is 11.8 Å². The van der Waals surface area contributed by atoms with Crippen molar-refractivity contribution in [3.8, 4) is 0 Å². The van der Waals surface area contributed by atoms with Crippen LogP contribution < -0.4 is 4.90 Å². The van der Waals surface area contributed by atoms with E-state index in [9.17, 15) is 4.79 Å². The molecule has 4 heterocycles. The molecule has 2 aromatic rings. The second-order valence-electron chi connectivity index (χ2n) is 7.37. The molecule has 2 aliphatic heterocycles. The van der Waals surface area contributed by atoms with E-state index in [1.807, 2.05) is 4.90 Å². The zero-order valence-electron chi connectivity index (χ0n) is 16.5. The lowest BCUT2D eigenvalue weighted by Crippen LogP contribution is -2.39. The molecule has 2 fully saturated rings. The lowest BCUT2D eigenvalue weighted by Gasteiger charge is -2.33. The van der Waals surface area contributed by atoms with Crippen LogP contribution in [0.2, 0.25) is 0 Å². The molecule has 2 aliphatic rings. The molecule has 0 aliphatic carbocycles. The molecule has 1 amide bonds. The van der Waals surface area contributed by atoms with E-state index in [2.05, 4.69) is 28.7 Å². The predicted molar refractivity (Wildman–Crippen MR) is 104 cm³/mol. The average molecular weight is 382 g/mol. The Bertz CT molecular complexity index is 830. The summed E-state index contributed by atoms with van der Waals surface area (Å²) in [5.74, 6) is 2.15. The number of amides is 1. The van der Waals surface area contributed by atoms with Gasteiger partial charge in [-0.3, -0.25) is 9.78 Å². The van der Waals surface area contributed by atoms with Gasteiger partial charge >= 0.3 is 0 Å². The molecule has 0 N–H and O–H groups in total. The summed E-state index contributed by atoms with van der Waals surface area (Å²) < 4.78 is 5.48. The van der Waals surface area contributed by atoms with Gasteiger partial charge in [-0.05, 0) is 26.7 Å². The van der Waals surface area contributed by atoms with Crippen molar-refractivity contribution in [3.05, 3.63) is 41.4 Å². The van der Waals surface area contributed by atoms with Crippen molar-refractivity contribution in [2.45, 2.75) is 32.6 Å². The van der Waals surface area contributed by atoms with E-state index in [0.29, 0.717) is 18.8 Å². The first-order chi connectivity index (χ1) is 13.6. The van der Waals surface area contributed by atoms with Gasteiger partial charge in [0.15, 0.2) is 0 Å². The summed E-state index contributed by atoms with van der Waals surface area (Å²) in [6, 6.07) is 0. The maximum absolute atomic E-state index is 12.6. The van der Waals surface area contributed by atoms with E-state index in [1.165, 1.54) is 6.20 Å². The van der Waals surface area contributed by atoms with Crippen molar-refractivity contribution in [3.63, 3.8) is 0 Å². The van der Waals surface area contributed by atoms with Gasteiger partial charge in [-0.2, -0.15) is 0 Å². The van der Waals surface area contributed by atoms with Crippen LogP contribution in [0.4, 0.5) is 5.82 Å². The van der Waals surface area contributed by atoms with Crippen LogP contribution >= 0.6 is 0 Å². The molecule has 0 unspecified atom stereocenters. The Morgan fingerprint density at radius 2 is 1.82 bits per heavy atom. The average Bonchev–Trinajstić information content (AvgIpc) is 2.76. The van der Waals surface area contributed by atoms with Gasteiger partial charge < -0.3 is 14.5 Å². The second-order valence-corrected chi connectivity index (χ2v) is 7.37. The molecule has 148 valence electrons. The number of carbonyl (C=O) groups excluding carboxylic acids is 1. The van der Waals surface area contributed by atoms with Gasteiger partial charge in [0, 0.05) is 55.7 Å². The number of hydrogen-bond acceptors (Lipinski definition) is 7. The Morgan fingerprint density at radius 3 is 2.50 bits per heavy atom. The fraction of sp³-hybridized carbons (Fsp3) is 0.550. The molecular formula is C20H26N6O2. The minimum absolute atomic E-state index is 0.0541. The van der Waals surface area contributed by atoms with Gasteiger partial charge in [0.2, 0.25) is 0 Å². The molecule has 28 heavy (non-hydrogen) atoms. The fourth-order valence-electron chi connectivity index (χ4n) is 3.81. The van der Waals surface area contributed by atoms with Crippen LogP contribution in [-0.4, -0.2) is 70.1 Å². The first-order valence-electron chi connectivity index (χ1n) is 9.86. The van der Waals surface area contributed by atoms with E-state index in [4.69, 9.17) is 14.7 Å². The molecule has 0 radical (unpaired) electrons. The molecule has 0 bridgehead atoms.